The monoisotopic (exact) mass is 363 g/mol. The summed E-state index contributed by atoms with van der Waals surface area (Å²) in [7, 11) is 1.29. The van der Waals surface area contributed by atoms with Gasteiger partial charge in [-0.05, 0) is 18.2 Å². The Morgan fingerprint density at radius 1 is 1.15 bits per heavy atom. The van der Waals surface area contributed by atoms with Crippen molar-refractivity contribution < 1.29 is 28.4 Å². The number of nitro benzene ring substituents is 1. The first-order valence-electron chi connectivity index (χ1n) is 7.21. The number of halogens is 1. The van der Waals surface area contributed by atoms with Crippen LogP contribution in [-0.2, 0) is 4.79 Å². The van der Waals surface area contributed by atoms with Crippen LogP contribution >= 0.6 is 0 Å². The van der Waals surface area contributed by atoms with Gasteiger partial charge in [0.15, 0.2) is 18.2 Å². The third-order valence-electron chi connectivity index (χ3n) is 3.15. The van der Waals surface area contributed by atoms with Gasteiger partial charge in [-0.2, -0.15) is 0 Å². The molecule has 0 aliphatic carbocycles. The van der Waals surface area contributed by atoms with Crippen molar-refractivity contribution in [1.82, 2.24) is 10.9 Å². The Hall–Kier alpha value is -3.69. The van der Waals surface area contributed by atoms with E-state index < -0.39 is 29.2 Å². The molecule has 26 heavy (non-hydrogen) atoms. The van der Waals surface area contributed by atoms with Crippen LogP contribution in [0.4, 0.5) is 10.1 Å². The van der Waals surface area contributed by atoms with E-state index in [-0.39, 0.29) is 22.7 Å². The molecule has 0 saturated heterocycles. The summed E-state index contributed by atoms with van der Waals surface area (Å²) in [6, 6.07) is 8.96. The standard InChI is InChI=1S/C16H14FN3O6/c1-25-13-7-6-10(20(23)24)8-11(13)16(22)19-18-15(21)9-26-14-5-3-2-4-12(14)17/h2-8H,9H2,1H3,(H,18,21)(H,19,22). The zero-order valence-corrected chi connectivity index (χ0v) is 13.5. The normalized spacial score (nSPS) is 9.92. The maximum Gasteiger partial charge on any atom is 0.276 e. The zero-order chi connectivity index (χ0) is 19.1. The fourth-order valence-corrected chi connectivity index (χ4v) is 1.92. The van der Waals surface area contributed by atoms with E-state index in [1.165, 1.54) is 43.5 Å². The van der Waals surface area contributed by atoms with E-state index in [0.717, 1.165) is 6.07 Å². The average Bonchev–Trinajstić information content (AvgIpc) is 2.64. The predicted molar refractivity (Wildman–Crippen MR) is 87.2 cm³/mol. The minimum Gasteiger partial charge on any atom is -0.496 e. The molecule has 9 nitrogen and oxygen atoms in total. The Morgan fingerprint density at radius 2 is 1.88 bits per heavy atom. The Kier molecular flexibility index (Phi) is 6.04. The molecule has 0 aliphatic heterocycles. The minimum absolute atomic E-state index is 0.0879. The molecule has 2 aromatic carbocycles. The van der Waals surface area contributed by atoms with Crippen LogP contribution in [0.5, 0.6) is 11.5 Å². The third kappa shape index (κ3) is 4.66. The van der Waals surface area contributed by atoms with E-state index in [1.54, 1.807) is 0 Å². The molecule has 0 bridgehead atoms. The summed E-state index contributed by atoms with van der Waals surface area (Å²) < 4.78 is 23.3. The Labute approximate surface area is 146 Å². The maximum atomic E-state index is 13.4. The lowest BCUT2D eigenvalue weighted by molar-refractivity contribution is -0.384. The molecule has 0 fully saturated rings. The molecule has 0 aromatic heterocycles. The van der Waals surface area contributed by atoms with Crippen LogP contribution in [0.15, 0.2) is 42.5 Å². The Balaban J connectivity index is 1.95. The third-order valence-corrected chi connectivity index (χ3v) is 3.15. The van der Waals surface area contributed by atoms with Gasteiger partial charge in [-0.15, -0.1) is 0 Å². The summed E-state index contributed by atoms with van der Waals surface area (Å²) in [5.41, 5.74) is 3.68. The van der Waals surface area contributed by atoms with Crippen molar-refractivity contribution in [3.63, 3.8) is 0 Å². The van der Waals surface area contributed by atoms with Gasteiger partial charge in [0.05, 0.1) is 17.6 Å². The van der Waals surface area contributed by atoms with Gasteiger partial charge in [-0.3, -0.25) is 30.6 Å². The molecule has 0 atom stereocenters. The van der Waals surface area contributed by atoms with Gasteiger partial charge in [-0.25, -0.2) is 4.39 Å². The van der Waals surface area contributed by atoms with Gasteiger partial charge < -0.3 is 9.47 Å². The van der Waals surface area contributed by atoms with Crippen LogP contribution in [0, 0.1) is 15.9 Å². The number of benzene rings is 2. The number of nitrogens with zero attached hydrogens (tertiary/aromatic N) is 1. The second-order valence-corrected chi connectivity index (χ2v) is 4.86. The van der Waals surface area contributed by atoms with Crippen LogP contribution in [-0.4, -0.2) is 30.5 Å². The van der Waals surface area contributed by atoms with E-state index >= 15 is 0 Å². The van der Waals surface area contributed by atoms with Gasteiger partial charge in [-0.1, -0.05) is 12.1 Å². The van der Waals surface area contributed by atoms with Gasteiger partial charge in [0.1, 0.15) is 5.75 Å². The number of amides is 2. The van der Waals surface area contributed by atoms with Crippen molar-refractivity contribution >= 4 is 17.5 Å². The maximum absolute atomic E-state index is 13.4. The number of nitro groups is 1. The first-order valence-corrected chi connectivity index (χ1v) is 7.21. The van der Waals surface area contributed by atoms with Gasteiger partial charge in [0.2, 0.25) is 0 Å². The summed E-state index contributed by atoms with van der Waals surface area (Å²) in [5, 5.41) is 10.8. The highest BCUT2D eigenvalue weighted by atomic mass is 19.1. The number of nitrogens with one attached hydrogen (secondary N) is 2. The first-order chi connectivity index (χ1) is 12.4. The minimum atomic E-state index is -0.829. The van der Waals surface area contributed by atoms with Gasteiger partial charge in [0, 0.05) is 12.1 Å². The predicted octanol–water partition coefficient (Wildman–Crippen LogP) is 1.58. The lowest BCUT2D eigenvalue weighted by Gasteiger charge is -2.11. The van der Waals surface area contributed by atoms with E-state index in [2.05, 4.69) is 10.9 Å². The fraction of sp³-hybridized carbons (Fsp3) is 0.125. The van der Waals surface area contributed by atoms with E-state index in [9.17, 15) is 24.1 Å². The molecule has 0 heterocycles. The largest absolute Gasteiger partial charge is 0.496 e. The lowest BCUT2D eigenvalue weighted by Crippen LogP contribution is -2.44. The van der Waals surface area contributed by atoms with Crippen molar-refractivity contribution in [2.45, 2.75) is 0 Å². The van der Waals surface area contributed by atoms with Crippen molar-refractivity contribution in [3.8, 4) is 11.5 Å². The van der Waals surface area contributed by atoms with Crippen molar-refractivity contribution in [2.24, 2.45) is 0 Å². The Morgan fingerprint density at radius 3 is 2.54 bits per heavy atom. The van der Waals surface area contributed by atoms with Gasteiger partial charge in [0.25, 0.3) is 17.5 Å². The molecule has 0 spiro atoms. The first kappa shape index (κ1) is 18.6. The molecule has 136 valence electrons. The number of non-ortho nitro benzene ring substituents is 1. The van der Waals surface area contributed by atoms with E-state index in [1.807, 2.05) is 0 Å². The van der Waals surface area contributed by atoms with Crippen LogP contribution in [0.2, 0.25) is 0 Å². The highest BCUT2D eigenvalue weighted by molar-refractivity contribution is 5.98. The second-order valence-electron chi connectivity index (χ2n) is 4.86. The summed E-state index contributed by atoms with van der Waals surface area (Å²) in [6.07, 6.45) is 0. The molecular weight excluding hydrogens is 349 g/mol. The van der Waals surface area contributed by atoms with Crippen LogP contribution in [0.25, 0.3) is 0 Å². The summed E-state index contributed by atoms with van der Waals surface area (Å²) in [5.74, 6) is -2.25. The topological polar surface area (TPSA) is 120 Å². The van der Waals surface area contributed by atoms with Crippen LogP contribution in [0.1, 0.15) is 10.4 Å². The van der Waals surface area contributed by atoms with Crippen LogP contribution in [0.3, 0.4) is 0 Å². The molecule has 2 N–H and O–H groups in total. The molecule has 10 heteroatoms. The summed E-state index contributed by atoms with van der Waals surface area (Å²) in [4.78, 5) is 33.9. The quantitative estimate of drug-likeness (QED) is 0.594. The molecule has 0 aliphatic rings. The molecule has 2 amide bonds. The highest BCUT2D eigenvalue weighted by Gasteiger charge is 2.18. The Bertz CT molecular complexity index is 842. The fourth-order valence-electron chi connectivity index (χ4n) is 1.92. The number of methoxy groups -OCH3 is 1. The van der Waals surface area contributed by atoms with Crippen molar-refractivity contribution in [2.75, 3.05) is 13.7 Å². The second kappa shape index (κ2) is 8.42. The number of para-hydroxylation sites is 1. The number of carbonyl (C=O) groups excluding carboxylic acids is 2. The number of carbonyl (C=O) groups is 2. The van der Waals surface area contributed by atoms with Crippen molar-refractivity contribution in [3.05, 3.63) is 64.0 Å². The SMILES string of the molecule is COc1ccc([N+](=O)[O-])cc1C(=O)NNC(=O)COc1ccccc1F. The molecule has 0 saturated carbocycles. The molecule has 2 rings (SSSR count). The molecule has 2 aromatic rings. The van der Waals surface area contributed by atoms with Gasteiger partial charge >= 0.3 is 0 Å². The number of hydrazine groups is 1. The molecular formula is C16H14FN3O6. The van der Waals surface area contributed by atoms with E-state index in [0.29, 0.717) is 0 Å². The summed E-state index contributed by atoms with van der Waals surface area (Å²) >= 11 is 0. The van der Waals surface area contributed by atoms with E-state index in [4.69, 9.17) is 9.47 Å². The van der Waals surface area contributed by atoms with Crippen LogP contribution < -0.4 is 20.3 Å². The molecule has 0 radical (unpaired) electrons. The highest BCUT2D eigenvalue weighted by Crippen LogP contribution is 2.23. The molecule has 0 unspecified atom stereocenters. The smallest absolute Gasteiger partial charge is 0.276 e. The number of hydrogen-bond acceptors (Lipinski definition) is 6. The number of ether oxygens (including phenoxy) is 2. The number of rotatable bonds is 6. The summed E-state index contributed by atoms with van der Waals surface area (Å²) in [6.45, 7) is -0.548. The average molecular weight is 363 g/mol. The number of hydrogen-bond donors (Lipinski definition) is 2. The zero-order valence-electron chi connectivity index (χ0n) is 13.5. The van der Waals surface area contributed by atoms with Crippen molar-refractivity contribution in [1.29, 1.82) is 0 Å². The lowest BCUT2D eigenvalue weighted by atomic mass is 10.1.